The van der Waals surface area contributed by atoms with Crippen molar-refractivity contribution in [2.45, 2.75) is 12.6 Å². The Labute approximate surface area is 151 Å². The number of carboxylic acid groups (broad SMARTS) is 1. The highest BCUT2D eigenvalue weighted by atomic mass is 19.4. The summed E-state index contributed by atoms with van der Waals surface area (Å²) < 4.78 is 55.1. The molecule has 1 aliphatic rings. The molecule has 0 saturated carbocycles. The number of carboxylic acids is 1. The molecule has 1 aromatic heterocycles. The van der Waals surface area contributed by atoms with Crippen molar-refractivity contribution in [2.24, 2.45) is 0 Å². The number of nitrogens with zero attached hydrogens (tertiary/aromatic N) is 3. The van der Waals surface area contributed by atoms with Gasteiger partial charge in [-0.3, -0.25) is 4.90 Å². The summed E-state index contributed by atoms with van der Waals surface area (Å²) in [5, 5.41) is 11.1. The highest BCUT2D eigenvalue weighted by Crippen LogP contribution is 2.16. The Morgan fingerprint density at radius 3 is 2.33 bits per heavy atom. The number of rotatable bonds is 4. The van der Waals surface area contributed by atoms with Gasteiger partial charge >= 0.3 is 12.1 Å². The van der Waals surface area contributed by atoms with Crippen molar-refractivity contribution in [1.29, 1.82) is 0 Å². The normalized spacial score (nSPS) is 15.1. The molecule has 3 rings (SSSR count). The average molecular weight is 391 g/mol. The van der Waals surface area contributed by atoms with Gasteiger partial charge in [0.25, 0.3) is 0 Å². The van der Waals surface area contributed by atoms with Gasteiger partial charge in [0, 0.05) is 31.6 Å². The lowest BCUT2D eigenvalue weighted by Crippen LogP contribution is -2.37. The van der Waals surface area contributed by atoms with Crippen LogP contribution in [0, 0.1) is 5.82 Å². The fraction of sp³-hybridized carbons (Fsp3) is 0.438. The Morgan fingerprint density at radius 2 is 1.78 bits per heavy atom. The minimum absolute atomic E-state index is 0.273. The topological polar surface area (TPSA) is 88.7 Å². The van der Waals surface area contributed by atoms with Gasteiger partial charge in [-0.25, -0.2) is 9.18 Å². The van der Waals surface area contributed by atoms with Crippen LogP contribution in [-0.4, -0.2) is 65.1 Å². The summed E-state index contributed by atoms with van der Waals surface area (Å²) in [6.07, 6.45) is -4.37. The van der Waals surface area contributed by atoms with Crippen molar-refractivity contribution < 1.29 is 36.7 Å². The second kappa shape index (κ2) is 9.42. The average Bonchev–Trinajstić information content (AvgIpc) is 3.10. The van der Waals surface area contributed by atoms with Crippen LogP contribution in [-0.2, 0) is 16.0 Å². The van der Waals surface area contributed by atoms with E-state index in [1.807, 2.05) is 0 Å². The molecule has 0 spiro atoms. The second-order valence-corrected chi connectivity index (χ2v) is 5.53. The summed E-state index contributed by atoms with van der Waals surface area (Å²) in [5.74, 6) is -1.92. The zero-order valence-electron chi connectivity index (χ0n) is 14.1. The van der Waals surface area contributed by atoms with Gasteiger partial charge in [-0.2, -0.15) is 18.2 Å². The first-order valence-corrected chi connectivity index (χ1v) is 7.94. The van der Waals surface area contributed by atoms with Gasteiger partial charge in [0.05, 0.1) is 13.2 Å². The Hall–Kier alpha value is -2.53. The molecule has 1 saturated heterocycles. The number of carbonyl (C=O) groups is 1. The van der Waals surface area contributed by atoms with Crippen molar-refractivity contribution in [1.82, 2.24) is 15.0 Å². The van der Waals surface area contributed by atoms with Crippen molar-refractivity contribution >= 4 is 5.97 Å². The number of hydrogen-bond acceptors (Lipinski definition) is 6. The van der Waals surface area contributed by atoms with Crippen LogP contribution in [0.5, 0.6) is 0 Å². The lowest BCUT2D eigenvalue weighted by Gasteiger charge is -2.25. The van der Waals surface area contributed by atoms with E-state index in [9.17, 15) is 17.6 Å². The van der Waals surface area contributed by atoms with Gasteiger partial charge in [0.2, 0.25) is 11.7 Å². The largest absolute Gasteiger partial charge is 0.490 e. The molecule has 0 bridgehead atoms. The number of aliphatic carboxylic acids is 1. The van der Waals surface area contributed by atoms with E-state index in [1.165, 1.54) is 12.1 Å². The van der Waals surface area contributed by atoms with Gasteiger partial charge in [0.15, 0.2) is 0 Å². The quantitative estimate of drug-likeness (QED) is 0.801. The maximum Gasteiger partial charge on any atom is 0.490 e. The summed E-state index contributed by atoms with van der Waals surface area (Å²) >= 11 is 0. The first-order valence-electron chi connectivity index (χ1n) is 7.94. The van der Waals surface area contributed by atoms with Crippen molar-refractivity contribution in [2.75, 3.05) is 32.8 Å². The fourth-order valence-corrected chi connectivity index (χ4v) is 2.15. The number of ether oxygens (including phenoxy) is 1. The Bertz CT molecular complexity index is 728. The van der Waals surface area contributed by atoms with E-state index in [0.717, 1.165) is 38.4 Å². The van der Waals surface area contributed by atoms with Gasteiger partial charge < -0.3 is 14.4 Å². The maximum absolute atomic E-state index is 12.9. The molecular weight excluding hydrogens is 374 g/mol. The van der Waals surface area contributed by atoms with E-state index in [4.69, 9.17) is 19.2 Å². The van der Waals surface area contributed by atoms with Crippen molar-refractivity contribution in [3.8, 4) is 11.4 Å². The molecule has 0 atom stereocenters. The Balaban J connectivity index is 0.000000321. The molecule has 2 heterocycles. The smallest absolute Gasteiger partial charge is 0.475 e. The van der Waals surface area contributed by atoms with Crippen molar-refractivity contribution in [3.63, 3.8) is 0 Å². The molecule has 0 amide bonds. The van der Waals surface area contributed by atoms with Crippen LogP contribution >= 0.6 is 0 Å². The number of halogens is 4. The third-order valence-corrected chi connectivity index (χ3v) is 3.56. The van der Waals surface area contributed by atoms with Crippen LogP contribution in [0.15, 0.2) is 28.8 Å². The molecule has 1 aliphatic heterocycles. The SMILES string of the molecule is Fc1ccc(-c2noc(CCN3CCOCC3)n2)cc1.O=C(O)C(F)(F)F. The molecular formula is C16H17F4N3O4. The van der Waals surface area contributed by atoms with E-state index in [-0.39, 0.29) is 5.82 Å². The molecule has 0 unspecified atom stereocenters. The maximum atomic E-state index is 12.9. The van der Waals surface area contributed by atoms with Crippen LogP contribution in [0.4, 0.5) is 17.6 Å². The molecule has 2 aromatic rings. The highest BCUT2D eigenvalue weighted by molar-refractivity contribution is 5.73. The van der Waals surface area contributed by atoms with Gasteiger partial charge in [-0.1, -0.05) is 5.16 Å². The summed E-state index contributed by atoms with van der Waals surface area (Å²) in [6.45, 7) is 4.33. The first kappa shape index (κ1) is 20.8. The number of hydrogen-bond donors (Lipinski definition) is 1. The molecule has 148 valence electrons. The van der Waals surface area contributed by atoms with Gasteiger partial charge in [-0.15, -0.1) is 0 Å². The predicted octanol–water partition coefficient (Wildman–Crippen LogP) is 2.38. The summed E-state index contributed by atoms with van der Waals surface area (Å²) in [7, 11) is 0. The molecule has 27 heavy (non-hydrogen) atoms. The highest BCUT2D eigenvalue weighted by Gasteiger charge is 2.38. The second-order valence-electron chi connectivity index (χ2n) is 5.53. The van der Waals surface area contributed by atoms with Crippen LogP contribution in [0.3, 0.4) is 0 Å². The Kier molecular flexibility index (Phi) is 7.25. The number of benzene rings is 1. The third kappa shape index (κ3) is 6.94. The zero-order chi connectivity index (χ0) is 19.9. The minimum Gasteiger partial charge on any atom is -0.475 e. The molecule has 7 nitrogen and oxygen atoms in total. The fourth-order valence-electron chi connectivity index (χ4n) is 2.15. The predicted molar refractivity (Wildman–Crippen MR) is 84.3 cm³/mol. The molecule has 1 aromatic carbocycles. The standard InChI is InChI=1S/C14H16FN3O2.C2HF3O2/c15-12-3-1-11(2-4-12)14-16-13(20-17-14)5-6-18-7-9-19-10-8-18;3-2(4,5)1(6)7/h1-4H,5-10H2;(H,6,7). The van der Waals surface area contributed by atoms with Gasteiger partial charge in [-0.05, 0) is 24.3 Å². The van der Waals surface area contributed by atoms with E-state index in [2.05, 4.69) is 15.0 Å². The monoisotopic (exact) mass is 391 g/mol. The summed E-state index contributed by atoms with van der Waals surface area (Å²) in [5.41, 5.74) is 0.757. The lowest BCUT2D eigenvalue weighted by atomic mass is 10.2. The van der Waals surface area contributed by atoms with Crippen LogP contribution in [0.1, 0.15) is 5.89 Å². The van der Waals surface area contributed by atoms with E-state index in [0.29, 0.717) is 18.1 Å². The molecule has 0 aliphatic carbocycles. The van der Waals surface area contributed by atoms with Crippen molar-refractivity contribution in [3.05, 3.63) is 36.0 Å². The third-order valence-electron chi connectivity index (χ3n) is 3.56. The summed E-state index contributed by atoms with van der Waals surface area (Å²) in [6, 6.07) is 6.07. The molecule has 1 fully saturated rings. The van der Waals surface area contributed by atoms with Gasteiger partial charge in [0.1, 0.15) is 5.82 Å². The zero-order valence-corrected chi connectivity index (χ0v) is 14.1. The summed E-state index contributed by atoms with van der Waals surface area (Å²) in [4.78, 5) is 15.5. The lowest BCUT2D eigenvalue weighted by molar-refractivity contribution is -0.192. The van der Waals surface area contributed by atoms with E-state index in [1.54, 1.807) is 12.1 Å². The van der Waals surface area contributed by atoms with Crippen LogP contribution in [0.2, 0.25) is 0 Å². The number of aromatic nitrogens is 2. The van der Waals surface area contributed by atoms with Crippen LogP contribution in [0.25, 0.3) is 11.4 Å². The number of alkyl halides is 3. The molecule has 0 radical (unpaired) electrons. The first-order chi connectivity index (χ1) is 12.8. The molecule has 1 N–H and O–H groups in total. The minimum atomic E-state index is -5.08. The van der Waals surface area contributed by atoms with E-state index >= 15 is 0 Å². The number of morpholine rings is 1. The molecule has 11 heteroatoms. The van der Waals surface area contributed by atoms with E-state index < -0.39 is 12.1 Å². The Morgan fingerprint density at radius 1 is 1.19 bits per heavy atom. The van der Waals surface area contributed by atoms with Crippen LogP contribution < -0.4 is 0 Å².